The molecule has 1 fully saturated rings. The molecule has 2 aromatic rings. The van der Waals surface area contributed by atoms with Gasteiger partial charge in [0.2, 0.25) is 0 Å². The van der Waals surface area contributed by atoms with Gasteiger partial charge in [-0.25, -0.2) is 4.39 Å². The SMILES string of the molecule is Cn1c(CC2CNC2)cc2cc(F)ccc21. The molecule has 1 N–H and O–H groups in total. The molecule has 1 aromatic carbocycles. The maximum Gasteiger partial charge on any atom is 0.123 e. The van der Waals surface area contributed by atoms with E-state index in [1.165, 1.54) is 11.8 Å². The zero-order valence-electron chi connectivity index (χ0n) is 9.33. The van der Waals surface area contributed by atoms with Crippen molar-refractivity contribution in [3.63, 3.8) is 0 Å². The van der Waals surface area contributed by atoms with Crippen LogP contribution in [0.15, 0.2) is 24.3 Å². The van der Waals surface area contributed by atoms with E-state index in [-0.39, 0.29) is 5.82 Å². The second kappa shape index (κ2) is 3.59. The lowest BCUT2D eigenvalue weighted by Crippen LogP contribution is -2.43. The third kappa shape index (κ3) is 1.52. The summed E-state index contributed by atoms with van der Waals surface area (Å²) in [4.78, 5) is 0. The quantitative estimate of drug-likeness (QED) is 0.816. The maximum atomic E-state index is 13.1. The second-order valence-corrected chi connectivity index (χ2v) is 4.63. The summed E-state index contributed by atoms with van der Waals surface area (Å²) in [5, 5.41) is 4.28. The summed E-state index contributed by atoms with van der Waals surface area (Å²) < 4.78 is 15.3. The lowest BCUT2D eigenvalue weighted by atomic mass is 9.97. The number of nitrogens with one attached hydrogen (secondary N) is 1. The zero-order valence-corrected chi connectivity index (χ0v) is 9.33. The molecular weight excluding hydrogens is 203 g/mol. The Morgan fingerprint density at radius 1 is 1.38 bits per heavy atom. The zero-order chi connectivity index (χ0) is 11.1. The van der Waals surface area contributed by atoms with Crippen molar-refractivity contribution < 1.29 is 4.39 Å². The Morgan fingerprint density at radius 3 is 2.88 bits per heavy atom. The van der Waals surface area contributed by atoms with E-state index in [0.717, 1.165) is 36.3 Å². The van der Waals surface area contributed by atoms with Crippen LogP contribution in [0.5, 0.6) is 0 Å². The molecule has 0 radical (unpaired) electrons. The van der Waals surface area contributed by atoms with Crippen molar-refractivity contribution in [3.05, 3.63) is 35.8 Å². The molecule has 1 aliphatic rings. The van der Waals surface area contributed by atoms with Crippen LogP contribution < -0.4 is 5.32 Å². The first-order valence-corrected chi connectivity index (χ1v) is 5.68. The maximum absolute atomic E-state index is 13.1. The van der Waals surface area contributed by atoms with E-state index < -0.39 is 0 Å². The van der Waals surface area contributed by atoms with Gasteiger partial charge >= 0.3 is 0 Å². The fourth-order valence-corrected chi connectivity index (χ4v) is 2.36. The topological polar surface area (TPSA) is 17.0 Å². The van der Waals surface area contributed by atoms with Gasteiger partial charge in [0.15, 0.2) is 0 Å². The van der Waals surface area contributed by atoms with Gasteiger partial charge in [-0.05, 0) is 49.7 Å². The van der Waals surface area contributed by atoms with Gasteiger partial charge in [-0.2, -0.15) is 0 Å². The molecule has 1 saturated heterocycles. The van der Waals surface area contributed by atoms with Gasteiger partial charge < -0.3 is 9.88 Å². The highest BCUT2D eigenvalue weighted by Crippen LogP contribution is 2.22. The largest absolute Gasteiger partial charge is 0.348 e. The van der Waals surface area contributed by atoms with Crippen molar-refractivity contribution in [1.29, 1.82) is 0 Å². The summed E-state index contributed by atoms with van der Waals surface area (Å²) in [7, 11) is 2.06. The Morgan fingerprint density at radius 2 is 2.19 bits per heavy atom. The molecule has 2 nitrogen and oxygen atoms in total. The van der Waals surface area contributed by atoms with Gasteiger partial charge in [0.25, 0.3) is 0 Å². The number of fused-ring (bicyclic) bond motifs is 1. The van der Waals surface area contributed by atoms with Crippen molar-refractivity contribution in [2.24, 2.45) is 13.0 Å². The molecule has 0 aliphatic carbocycles. The highest BCUT2D eigenvalue weighted by Gasteiger charge is 2.19. The number of nitrogens with zero attached hydrogens (tertiary/aromatic N) is 1. The Balaban J connectivity index is 2.00. The predicted molar refractivity (Wildman–Crippen MR) is 62.9 cm³/mol. The van der Waals surface area contributed by atoms with Crippen LogP contribution in [0.4, 0.5) is 4.39 Å². The first-order chi connectivity index (χ1) is 7.74. The van der Waals surface area contributed by atoms with E-state index >= 15 is 0 Å². The van der Waals surface area contributed by atoms with Crippen LogP contribution in [0.1, 0.15) is 5.69 Å². The van der Waals surface area contributed by atoms with E-state index in [4.69, 9.17) is 0 Å². The Hall–Kier alpha value is -1.35. The highest BCUT2D eigenvalue weighted by molar-refractivity contribution is 5.81. The van der Waals surface area contributed by atoms with Crippen LogP contribution >= 0.6 is 0 Å². The lowest BCUT2D eigenvalue weighted by molar-refractivity contribution is 0.342. The minimum atomic E-state index is -0.157. The van der Waals surface area contributed by atoms with E-state index in [1.54, 1.807) is 6.07 Å². The van der Waals surface area contributed by atoms with Gasteiger partial charge in [-0.1, -0.05) is 0 Å². The highest BCUT2D eigenvalue weighted by atomic mass is 19.1. The number of hydrogen-bond donors (Lipinski definition) is 1. The van der Waals surface area contributed by atoms with Crippen LogP contribution in [-0.2, 0) is 13.5 Å². The lowest BCUT2D eigenvalue weighted by Gasteiger charge is -2.27. The van der Waals surface area contributed by atoms with Crippen LogP contribution in [0, 0.1) is 11.7 Å². The number of aryl methyl sites for hydroxylation is 1. The normalized spacial score (nSPS) is 16.6. The molecule has 0 unspecified atom stereocenters. The van der Waals surface area contributed by atoms with Gasteiger partial charge in [-0.3, -0.25) is 0 Å². The predicted octanol–water partition coefficient (Wildman–Crippen LogP) is 2.08. The Bertz CT molecular complexity index is 526. The van der Waals surface area contributed by atoms with Crippen LogP contribution in [0.25, 0.3) is 10.9 Å². The van der Waals surface area contributed by atoms with E-state index in [0.29, 0.717) is 0 Å². The van der Waals surface area contributed by atoms with Crippen molar-refractivity contribution in [2.45, 2.75) is 6.42 Å². The fourth-order valence-electron chi connectivity index (χ4n) is 2.36. The molecule has 0 spiro atoms. The van der Waals surface area contributed by atoms with E-state index in [1.807, 2.05) is 6.07 Å². The number of aromatic nitrogens is 1. The Kier molecular flexibility index (Phi) is 2.21. The van der Waals surface area contributed by atoms with Crippen molar-refractivity contribution >= 4 is 10.9 Å². The summed E-state index contributed by atoms with van der Waals surface area (Å²) in [5.74, 6) is 0.586. The van der Waals surface area contributed by atoms with Gasteiger partial charge in [-0.15, -0.1) is 0 Å². The smallest absolute Gasteiger partial charge is 0.123 e. The third-order valence-corrected chi connectivity index (χ3v) is 3.47. The molecule has 0 bridgehead atoms. The minimum Gasteiger partial charge on any atom is -0.348 e. The average Bonchev–Trinajstić information content (AvgIpc) is 2.49. The van der Waals surface area contributed by atoms with Crippen LogP contribution in [-0.4, -0.2) is 17.7 Å². The molecule has 0 amide bonds. The van der Waals surface area contributed by atoms with E-state index in [9.17, 15) is 4.39 Å². The molecule has 0 atom stereocenters. The van der Waals surface area contributed by atoms with Gasteiger partial charge in [0.1, 0.15) is 5.82 Å². The van der Waals surface area contributed by atoms with Gasteiger partial charge in [0, 0.05) is 23.6 Å². The summed E-state index contributed by atoms with van der Waals surface area (Å²) in [6, 6.07) is 7.10. The number of halogens is 1. The average molecular weight is 218 g/mol. The second-order valence-electron chi connectivity index (χ2n) is 4.63. The monoisotopic (exact) mass is 218 g/mol. The fraction of sp³-hybridized carbons (Fsp3) is 0.385. The molecular formula is C13H15FN2. The van der Waals surface area contributed by atoms with Crippen molar-refractivity contribution in [1.82, 2.24) is 9.88 Å². The Labute approximate surface area is 94.1 Å². The van der Waals surface area contributed by atoms with E-state index in [2.05, 4.69) is 23.0 Å². The number of rotatable bonds is 2. The molecule has 1 aliphatic heterocycles. The summed E-state index contributed by atoms with van der Waals surface area (Å²) in [5.41, 5.74) is 2.41. The molecule has 2 heterocycles. The molecule has 3 rings (SSSR count). The summed E-state index contributed by atoms with van der Waals surface area (Å²) in [6.45, 7) is 2.21. The van der Waals surface area contributed by atoms with Crippen molar-refractivity contribution in [3.8, 4) is 0 Å². The summed E-state index contributed by atoms with van der Waals surface area (Å²) >= 11 is 0. The third-order valence-electron chi connectivity index (χ3n) is 3.47. The summed E-state index contributed by atoms with van der Waals surface area (Å²) in [6.07, 6.45) is 1.08. The first kappa shape index (κ1) is 9.85. The molecule has 84 valence electrons. The number of hydrogen-bond acceptors (Lipinski definition) is 1. The first-order valence-electron chi connectivity index (χ1n) is 5.68. The van der Waals surface area contributed by atoms with Crippen LogP contribution in [0.3, 0.4) is 0 Å². The molecule has 0 saturated carbocycles. The number of benzene rings is 1. The molecule has 16 heavy (non-hydrogen) atoms. The van der Waals surface area contributed by atoms with Gasteiger partial charge in [0.05, 0.1) is 0 Å². The molecule has 1 aromatic heterocycles. The molecule has 3 heteroatoms. The minimum absolute atomic E-state index is 0.157. The standard InChI is InChI=1S/C13H15FN2/c1-16-12(4-9-7-15-8-9)6-10-5-11(14)2-3-13(10)16/h2-3,5-6,9,15H,4,7-8H2,1H3. The van der Waals surface area contributed by atoms with Crippen molar-refractivity contribution in [2.75, 3.05) is 13.1 Å². The van der Waals surface area contributed by atoms with Crippen LogP contribution in [0.2, 0.25) is 0 Å².